The monoisotopic (exact) mass is 1400 g/mol. The van der Waals surface area contributed by atoms with Gasteiger partial charge < -0.3 is 19.9 Å². The Labute approximate surface area is 625 Å². The molecule has 7 heterocycles. The average molecular weight is 1410 g/mol. The first-order valence-electron chi connectivity index (χ1n) is 36.2. The van der Waals surface area contributed by atoms with E-state index in [0.717, 1.165) is 100 Å². The van der Waals surface area contributed by atoms with Crippen molar-refractivity contribution in [1.82, 2.24) is 39.9 Å². The van der Waals surface area contributed by atoms with Crippen LogP contribution < -0.4 is 9.97 Å². The van der Waals surface area contributed by atoms with Gasteiger partial charge in [-0.15, -0.1) is 34.9 Å². The van der Waals surface area contributed by atoms with E-state index >= 15 is 0 Å². The SMILES string of the molecule is C#Cc1ccc(-c2nc3c([nH]2)-c2nc-3c(-c3cc(C(C)(C)C)cc(C(C)(C)C)c3)c3ccc([n-]3)c(-c3cc(C(C)(C)C)cc(C(C)(C)C)c3)c3nc(c(-c4cc(C(C)(C)C)cc(C(C)(C)C)c4)c4ccc([n-]4)c2-c2cc(C(C)(C)C)cc(C(C)(C)C)c2)-c2nc(-c4ccc(C#C)cc4)[nH]c2-3)cc1.[Zn+2]. The molecule has 0 aliphatic carbocycles. The summed E-state index contributed by atoms with van der Waals surface area (Å²) in [6.45, 7) is 55.1. The van der Waals surface area contributed by atoms with E-state index in [9.17, 15) is 0 Å². The smallest absolute Gasteiger partial charge is 0.657 e. The van der Waals surface area contributed by atoms with E-state index in [2.05, 4.69) is 309 Å². The molecule has 518 valence electrons. The maximum Gasteiger partial charge on any atom is 2.00 e. The van der Waals surface area contributed by atoms with Crippen LogP contribution in [0.25, 0.3) is 135 Å². The molecule has 11 aromatic rings. The number of H-pyrrole nitrogens is 2. The van der Waals surface area contributed by atoms with Crippen molar-refractivity contribution in [2.45, 2.75) is 209 Å². The normalized spacial score (nSPS) is 13.0. The van der Waals surface area contributed by atoms with E-state index < -0.39 is 0 Å². The average Bonchev–Trinajstić information content (AvgIpc) is 1.58. The molecule has 0 fully saturated rings. The van der Waals surface area contributed by atoms with Crippen LogP contribution in [0.5, 0.6) is 0 Å². The van der Waals surface area contributed by atoms with Gasteiger partial charge in [0.1, 0.15) is 23.0 Å². The van der Waals surface area contributed by atoms with Gasteiger partial charge in [0, 0.05) is 22.3 Å². The number of imidazole rings is 2. The maximum atomic E-state index is 6.17. The Morgan fingerprint density at radius 2 is 0.476 bits per heavy atom. The molecule has 9 heteroatoms. The topological polar surface area (TPSA) is 111 Å². The van der Waals surface area contributed by atoms with Gasteiger partial charge in [0.15, 0.2) is 0 Å². The molecule has 0 radical (unpaired) electrons. The van der Waals surface area contributed by atoms with Crippen LogP contribution in [0.3, 0.4) is 0 Å². The number of aromatic amines is 2. The summed E-state index contributed by atoms with van der Waals surface area (Å²) in [6, 6.07) is 53.4. The largest absolute Gasteiger partial charge is 2.00 e. The fourth-order valence-corrected chi connectivity index (χ4v) is 13.8. The van der Waals surface area contributed by atoms with Gasteiger partial charge in [-0.1, -0.05) is 299 Å². The van der Waals surface area contributed by atoms with Crippen molar-refractivity contribution in [1.29, 1.82) is 0 Å². The summed E-state index contributed by atoms with van der Waals surface area (Å²) in [7, 11) is 0. The molecule has 0 saturated carbocycles. The Morgan fingerprint density at radius 1 is 0.262 bits per heavy atom. The summed E-state index contributed by atoms with van der Waals surface area (Å²) in [5.74, 6) is 7.04. The fraction of sp³-hybridized carbons (Fsp3) is 0.340. The van der Waals surface area contributed by atoms with Crippen LogP contribution in [0, 0.1) is 24.7 Å². The zero-order chi connectivity index (χ0) is 73.7. The number of nitrogens with one attached hydrogen (secondary N) is 2. The van der Waals surface area contributed by atoms with E-state index in [4.69, 9.17) is 42.8 Å². The minimum atomic E-state index is -0.241. The second-order valence-electron chi connectivity index (χ2n) is 36.8. The van der Waals surface area contributed by atoms with Gasteiger partial charge in [-0.2, -0.15) is 0 Å². The van der Waals surface area contributed by atoms with Crippen LogP contribution in [-0.4, -0.2) is 29.9 Å². The van der Waals surface area contributed by atoms with Crippen molar-refractivity contribution < 1.29 is 19.5 Å². The second kappa shape index (κ2) is 25.5. The van der Waals surface area contributed by atoms with Crippen molar-refractivity contribution in [2.75, 3.05) is 0 Å². The molecule has 8 nitrogen and oxygen atoms in total. The van der Waals surface area contributed by atoms with Crippen molar-refractivity contribution in [3.05, 3.63) is 201 Å². The second-order valence-corrected chi connectivity index (χ2v) is 36.8. The first-order valence-corrected chi connectivity index (χ1v) is 36.2. The molecule has 2 N–H and O–H groups in total. The van der Waals surface area contributed by atoms with E-state index in [1.807, 2.05) is 24.3 Å². The molecule has 2 aliphatic rings. The number of rotatable bonds is 6. The van der Waals surface area contributed by atoms with Crippen LogP contribution >= 0.6 is 0 Å². The van der Waals surface area contributed by atoms with Crippen molar-refractivity contribution in [2.24, 2.45) is 0 Å². The van der Waals surface area contributed by atoms with Gasteiger partial charge in [0.25, 0.3) is 0 Å². The Kier molecular flexibility index (Phi) is 18.2. The number of fused-ring (bicyclic) bond motifs is 14. The predicted octanol–water partition coefficient (Wildman–Crippen LogP) is 24.0. The first-order chi connectivity index (χ1) is 47.4. The Hall–Kier alpha value is -9.40. The van der Waals surface area contributed by atoms with Gasteiger partial charge in [-0.25, -0.2) is 19.9 Å². The fourth-order valence-electron chi connectivity index (χ4n) is 13.8. The summed E-state index contributed by atoms with van der Waals surface area (Å²) < 4.78 is 0. The number of hydrogen-bond donors (Lipinski definition) is 2. The molecule has 2 aliphatic heterocycles. The summed E-state index contributed by atoms with van der Waals surface area (Å²) in [5.41, 5.74) is 27.1. The van der Waals surface area contributed by atoms with E-state index in [1.54, 1.807) is 0 Å². The number of terminal acetylenes is 2. The third-order valence-corrected chi connectivity index (χ3v) is 20.5. The number of hydrogen-bond acceptors (Lipinski definition) is 4. The zero-order valence-corrected chi connectivity index (χ0v) is 68.4. The van der Waals surface area contributed by atoms with Crippen LogP contribution in [-0.2, 0) is 62.8 Å². The molecule has 8 bridgehead atoms. The van der Waals surface area contributed by atoms with Gasteiger partial charge in [-0.05, 0) is 157 Å². The van der Waals surface area contributed by atoms with E-state index in [0.29, 0.717) is 45.8 Å². The van der Waals surface area contributed by atoms with Crippen molar-refractivity contribution in [3.63, 3.8) is 0 Å². The quantitative estimate of drug-likeness (QED) is 0.127. The molecule has 0 spiro atoms. The third kappa shape index (κ3) is 14.1. The maximum absolute atomic E-state index is 6.17. The number of aromatic nitrogens is 8. The summed E-state index contributed by atoms with van der Waals surface area (Å²) in [4.78, 5) is 44.0. The van der Waals surface area contributed by atoms with Gasteiger partial charge in [-0.3, -0.25) is 0 Å². The molecule has 0 saturated heterocycles. The molecule has 13 rings (SSSR count). The van der Waals surface area contributed by atoms with Crippen LogP contribution in [0.4, 0.5) is 0 Å². The number of nitrogens with zero attached hydrogens (tertiary/aromatic N) is 6. The molecule has 5 aromatic heterocycles. The summed E-state index contributed by atoms with van der Waals surface area (Å²) in [6.07, 6.45) is 12.1. The molecule has 103 heavy (non-hydrogen) atoms. The van der Waals surface area contributed by atoms with Gasteiger partial charge >= 0.3 is 19.5 Å². The first kappa shape index (κ1) is 73.4. The Bertz CT molecular complexity index is 4720. The molecular weight excluding hydrogens is 1310 g/mol. The Balaban J connectivity index is 0.00001000. The minimum Gasteiger partial charge on any atom is -0.657 e. The molecule has 0 amide bonds. The van der Waals surface area contributed by atoms with E-state index in [1.165, 1.54) is 44.5 Å². The molecule has 0 unspecified atom stereocenters. The Morgan fingerprint density at radius 3 is 0.680 bits per heavy atom. The van der Waals surface area contributed by atoms with Gasteiger partial charge in [0.2, 0.25) is 0 Å². The van der Waals surface area contributed by atoms with Crippen LogP contribution in [0.2, 0.25) is 0 Å². The molecule has 6 aromatic carbocycles. The number of benzene rings is 6. The zero-order valence-electron chi connectivity index (χ0n) is 65.4. The van der Waals surface area contributed by atoms with Crippen LogP contribution in [0.15, 0.2) is 146 Å². The standard InChI is InChI=1S/C94H100N8.Zn/c1-27-53-29-33-55(34-30-53)85-99-81-77-73(57-41-61(87(3,4)5)49-62(42-57)88(6,7)8)69-37-39-71(95-69)75(59-45-65(91(15,16)17)51-66(46-59)92(18,19)20)79-83-84(102-86(101-83)56-35-31-54(28-2)32-36-56)80(98-79)76(60-47-67(93(21,22)23)52-68(48-60)94(24,25)26)72-40-38-70(96-72)74(78(97-77)82(81)100-85)58-43-63(89(9,10)11)50-64(44-58)90(12,13)14;/h1-2,29-52H,3-26H3,(H,99,100)(H,101,102);/q-2;+2. The molecular formula is C94H100N8Zn. The van der Waals surface area contributed by atoms with Crippen molar-refractivity contribution >= 4 is 22.1 Å². The predicted molar refractivity (Wildman–Crippen MR) is 430 cm³/mol. The minimum absolute atomic E-state index is 0. The summed E-state index contributed by atoms with van der Waals surface area (Å²) >= 11 is 0. The van der Waals surface area contributed by atoms with Crippen molar-refractivity contribution in [3.8, 4) is 138 Å². The van der Waals surface area contributed by atoms with E-state index in [-0.39, 0.29) is 62.8 Å². The molecule has 0 atom stereocenters. The third-order valence-electron chi connectivity index (χ3n) is 20.5. The van der Waals surface area contributed by atoms with Crippen LogP contribution in [0.1, 0.15) is 222 Å². The van der Waals surface area contributed by atoms with Gasteiger partial charge in [0.05, 0.1) is 34.2 Å². The summed E-state index contributed by atoms with van der Waals surface area (Å²) in [5, 5.41) is 0.